The lowest BCUT2D eigenvalue weighted by molar-refractivity contribution is -0.136. The van der Waals surface area contributed by atoms with Crippen LogP contribution in [0.1, 0.15) is 17.5 Å². The van der Waals surface area contributed by atoms with Crippen LogP contribution in [-0.4, -0.2) is 19.5 Å². The zero-order valence-corrected chi connectivity index (χ0v) is 14.8. The molecule has 0 fully saturated rings. The molecule has 0 saturated carbocycles. The Hall–Kier alpha value is -1.60. The predicted molar refractivity (Wildman–Crippen MR) is 92.9 cm³/mol. The molecule has 2 aromatic carbocycles. The molecule has 0 radical (unpaired) electrons. The highest BCUT2D eigenvalue weighted by atomic mass is 35.5. The summed E-state index contributed by atoms with van der Waals surface area (Å²) in [5.74, 6) is -0.895. The van der Waals surface area contributed by atoms with Crippen LogP contribution in [0, 0.1) is 0 Å². The number of nitrogens with one attached hydrogen (secondary N) is 1. The lowest BCUT2D eigenvalue weighted by Gasteiger charge is -2.09. The second-order valence-electron chi connectivity index (χ2n) is 5.10. The minimum absolute atomic E-state index is 0.000583. The van der Waals surface area contributed by atoms with E-state index in [1.165, 1.54) is 12.1 Å². The molecule has 8 heteroatoms. The van der Waals surface area contributed by atoms with Crippen molar-refractivity contribution in [2.75, 3.05) is 0 Å². The molecule has 2 rings (SSSR count). The third kappa shape index (κ3) is 5.21. The van der Waals surface area contributed by atoms with Crippen LogP contribution in [0.3, 0.4) is 0 Å². The van der Waals surface area contributed by atoms with Gasteiger partial charge >= 0.3 is 5.97 Å². The van der Waals surface area contributed by atoms with Crippen LogP contribution in [0.2, 0.25) is 10.0 Å². The summed E-state index contributed by atoms with van der Waals surface area (Å²) >= 11 is 11.8. The Labute approximate surface area is 150 Å². The van der Waals surface area contributed by atoms with E-state index in [-0.39, 0.29) is 17.9 Å². The van der Waals surface area contributed by atoms with E-state index in [1.807, 2.05) is 0 Å². The molecule has 0 spiro atoms. The number of carboxylic acids is 1. The fourth-order valence-corrected chi connectivity index (χ4v) is 3.49. The first-order valence-electron chi connectivity index (χ1n) is 7.02. The van der Waals surface area contributed by atoms with Crippen molar-refractivity contribution >= 4 is 39.2 Å². The van der Waals surface area contributed by atoms with E-state index in [0.29, 0.717) is 22.0 Å². The predicted octanol–water partition coefficient (Wildman–Crippen LogP) is 3.49. The number of aliphatic carboxylic acids is 1. The van der Waals surface area contributed by atoms with E-state index in [1.54, 1.807) is 30.3 Å². The zero-order chi connectivity index (χ0) is 17.7. The normalized spacial score (nSPS) is 11.4. The summed E-state index contributed by atoms with van der Waals surface area (Å²) in [5, 5.41) is 9.51. The van der Waals surface area contributed by atoms with Crippen LogP contribution in [0.4, 0.5) is 0 Å². The van der Waals surface area contributed by atoms with E-state index in [0.717, 1.165) is 5.56 Å². The monoisotopic (exact) mass is 387 g/mol. The van der Waals surface area contributed by atoms with Gasteiger partial charge in [0, 0.05) is 23.0 Å². The Morgan fingerprint density at radius 3 is 2.33 bits per heavy atom. The summed E-state index contributed by atoms with van der Waals surface area (Å²) in [7, 11) is -3.69. The molecular weight excluding hydrogens is 373 g/mol. The largest absolute Gasteiger partial charge is 0.481 e. The fraction of sp³-hybridized carbons (Fsp3) is 0.188. The number of halogens is 2. The molecule has 2 aromatic rings. The van der Waals surface area contributed by atoms with E-state index >= 15 is 0 Å². The van der Waals surface area contributed by atoms with Gasteiger partial charge in [-0.15, -0.1) is 0 Å². The van der Waals surface area contributed by atoms with Crippen LogP contribution < -0.4 is 4.72 Å². The lowest BCUT2D eigenvalue weighted by Crippen LogP contribution is -2.23. The number of benzene rings is 2. The zero-order valence-electron chi connectivity index (χ0n) is 12.5. The maximum atomic E-state index is 12.3. The Bertz CT molecular complexity index is 836. The molecule has 0 saturated heterocycles. The van der Waals surface area contributed by atoms with Crippen molar-refractivity contribution in [1.82, 2.24) is 4.72 Å². The fourth-order valence-electron chi connectivity index (χ4n) is 2.01. The van der Waals surface area contributed by atoms with Gasteiger partial charge in [0.05, 0.1) is 4.90 Å². The highest BCUT2D eigenvalue weighted by Gasteiger charge is 2.14. The maximum absolute atomic E-state index is 12.3. The molecule has 0 bridgehead atoms. The molecule has 128 valence electrons. The van der Waals surface area contributed by atoms with Gasteiger partial charge in [-0.25, -0.2) is 13.1 Å². The number of carbonyl (C=O) groups is 1. The number of aryl methyl sites for hydroxylation is 1. The van der Waals surface area contributed by atoms with Gasteiger partial charge in [-0.05, 0) is 41.8 Å². The Morgan fingerprint density at radius 2 is 1.75 bits per heavy atom. The first-order valence-corrected chi connectivity index (χ1v) is 9.26. The van der Waals surface area contributed by atoms with Crippen molar-refractivity contribution in [2.45, 2.75) is 24.3 Å². The average molecular weight is 388 g/mol. The summed E-state index contributed by atoms with van der Waals surface area (Å²) in [6.45, 7) is 0.0408. The number of hydrogen-bond acceptors (Lipinski definition) is 3. The highest BCUT2D eigenvalue weighted by Crippen LogP contribution is 2.21. The van der Waals surface area contributed by atoms with E-state index in [9.17, 15) is 13.2 Å². The summed E-state index contributed by atoms with van der Waals surface area (Å²) in [6, 6.07) is 10.9. The maximum Gasteiger partial charge on any atom is 0.303 e. The smallest absolute Gasteiger partial charge is 0.303 e. The van der Waals surface area contributed by atoms with Gasteiger partial charge in [-0.2, -0.15) is 0 Å². The van der Waals surface area contributed by atoms with Crippen LogP contribution in [0.5, 0.6) is 0 Å². The van der Waals surface area contributed by atoms with Crippen molar-refractivity contribution in [3.8, 4) is 0 Å². The first kappa shape index (κ1) is 18.7. The van der Waals surface area contributed by atoms with Gasteiger partial charge in [0.25, 0.3) is 0 Å². The van der Waals surface area contributed by atoms with Crippen LogP contribution in [0.15, 0.2) is 47.4 Å². The van der Waals surface area contributed by atoms with Gasteiger partial charge in [-0.1, -0.05) is 41.4 Å². The topological polar surface area (TPSA) is 83.5 Å². The second kappa shape index (κ2) is 7.98. The standard InChI is InChI=1S/C16H15Cl2NO4S/c17-13-5-4-12(15(18)9-13)10-19-24(22,23)14-6-1-11(2-7-14)3-8-16(20)21/h1-2,4-7,9,19H,3,8,10H2,(H,20,21). The molecule has 0 aliphatic rings. The second-order valence-corrected chi connectivity index (χ2v) is 7.71. The molecule has 0 aromatic heterocycles. The minimum atomic E-state index is -3.69. The third-order valence-corrected chi connectivity index (χ3v) is 5.33. The molecule has 2 N–H and O–H groups in total. The number of hydrogen-bond donors (Lipinski definition) is 2. The van der Waals surface area contributed by atoms with Crippen molar-refractivity contribution in [1.29, 1.82) is 0 Å². The summed E-state index contributed by atoms with van der Waals surface area (Å²) < 4.78 is 27.0. The molecule has 24 heavy (non-hydrogen) atoms. The highest BCUT2D eigenvalue weighted by molar-refractivity contribution is 7.89. The van der Waals surface area contributed by atoms with Crippen molar-refractivity contribution in [3.05, 3.63) is 63.6 Å². The van der Waals surface area contributed by atoms with Crippen LogP contribution >= 0.6 is 23.2 Å². The van der Waals surface area contributed by atoms with Gasteiger partial charge in [0.2, 0.25) is 10.0 Å². The lowest BCUT2D eigenvalue weighted by atomic mass is 10.1. The van der Waals surface area contributed by atoms with Crippen molar-refractivity contribution in [2.24, 2.45) is 0 Å². The number of rotatable bonds is 7. The van der Waals surface area contributed by atoms with E-state index in [2.05, 4.69) is 4.72 Å². The SMILES string of the molecule is O=C(O)CCc1ccc(S(=O)(=O)NCc2ccc(Cl)cc2Cl)cc1. The third-order valence-electron chi connectivity index (χ3n) is 3.33. The molecule has 0 unspecified atom stereocenters. The Kier molecular flexibility index (Phi) is 6.23. The van der Waals surface area contributed by atoms with E-state index < -0.39 is 16.0 Å². The van der Waals surface area contributed by atoms with Gasteiger partial charge in [-0.3, -0.25) is 4.79 Å². The first-order chi connectivity index (χ1) is 11.3. The molecule has 0 heterocycles. The van der Waals surface area contributed by atoms with E-state index in [4.69, 9.17) is 28.3 Å². The molecule has 5 nitrogen and oxygen atoms in total. The van der Waals surface area contributed by atoms with Gasteiger partial charge < -0.3 is 5.11 Å². The Morgan fingerprint density at radius 1 is 1.08 bits per heavy atom. The van der Waals surface area contributed by atoms with Crippen LogP contribution in [0.25, 0.3) is 0 Å². The minimum Gasteiger partial charge on any atom is -0.481 e. The quantitative estimate of drug-likeness (QED) is 0.761. The summed E-state index contributed by atoms with van der Waals surface area (Å²) in [4.78, 5) is 10.6. The number of sulfonamides is 1. The molecule has 0 atom stereocenters. The molecule has 0 aliphatic heterocycles. The molecule has 0 aliphatic carbocycles. The van der Waals surface area contributed by atoms with Crippen LogP contribution in [-0.2, 0) is 27.8 Å². The van der Waals surface area contributed by atoms with Gasteiger partial charge in [0.1, 0.15) is 0 Å². The average Bonchev–Trinajstić information content (AvgIpc) is 2.52. The molecular formula is C16H15Cl2NO4S. The van der Waals surface area contributed by atoms with Crippen molar-refractivity contribution < 1.29 is 18.3 Å². The van der Waals surface area contributed by atoms with Gasteiger partial charge in [0.15, 0.2) is 0 Å². The summed E-state index contributed by atoms with van der Waals surface area (Å²) in [6.07, 6.45) is 0.350. The Balaban J connectivity index is 2.05. The molecule has 0 amide bonds. The van der Waals surface area contributed by atoms with Crippen molar-refractivity contribution in [3.63, 3.8) is 0 Å². The number of carboxylic acid groups (broad SMARTS) is 1. The summed E-state index contributed by atoms with van der Waals surface area (Å²) in [5.41, 5.74) is 1.37.